The van der Waals surface area contributed by atoms with Gasteiger partial charge in [-0.05, 0) is 29.5 Å². The minimum Gasteiger partial charge on any atom is -0.358 e. The van der Waals surface area contributed by atoms with Gasteiger partial charge in [0.05, 0.1) is 0 Å². The molecule has 1 aromatic carbocycles. The van der Waals surface area contributed by atoms with Crippen LogP contribution >= 0.6 is 0 Å². The predicted molar refractivity (Wildman–Crippen MR) is 56.0 cm³/mol. The Kier molecular flexibility index (Phi) is 2.38. The molecule has 1 aromatic heterocycles. The highest BCUT2D eigenvalue weighted by molar-refractivity contribution is 5.80. The summed E-state index contributed by atoms with van der Waals surface area (Å²) in [5.41, 5.74) is 10.4. The maximum atomic E-state index is 8.13. The number of H-pyrrole nitrogens is 1. The van der Waals surface area contributed by atoms with Crippen LogP contribution in [0.3, 0.4) is 0 Å². The lowest BCUT2D eigenvalue weighted by molar-refractivity contribution is 0.929. The highest BCUT2D eigenvalue weighted by atomic mass is 15.1. The molecule has 0 aliphatic heterocycles. The molecule has 0 bridgehead atoms. The number of para-hydroxylation sites is 1. The fourth-order valence-electron chi connectivity index (χ4n) is 1.48. The van der Waals surface area contributed by atoms with Crippen molar-refractivity contribution < 1.29 is 0 Å². The smallest absolute Gasteiger partial charge is 0.0456 e. The van der Waals surface area contributed by atoms with Gasteiger partial charge < -0.3 is 4.98 Å². The van der Waals surface area contributed by atoms with Crippen LogP contribution < -0.4 is 0 Å². The van der Waals surface area contributed by atoms with Crippen molar-refractivity contribution in [3.63, 3.8) is 0 Å². The molecule has 0 aliphatic carbocycles. The first-order valence-electron chi connectivity index (χ1n) is 4.47. The lowest BCUT2D eigenvalue weighted by Crippen LogP contribution is -1.87. The van der Waals surface area contributed by atoms with Crippen LogP contribution in [0.2, 0.25) is 0 Å². The van der Waals surface area contributed by atoms with Crippen LogP contribution in [0, 0.1) is 0 Å². The molecule has 4 nitrogen and oxygen atoms in total. The number of aromatic amines is 1. The van der Waals surface area contributed by atoms with Crippen LogP contribution in [-0.4, -0.2) is 11.5 Å². The number of aromatic nitrogens is 1. The standard InChI is InChI=1S/C10H10N4/c11-14-12-6-5-9-7-8-3-1-2-4-10(8)13-9/h1-4,7,13H,5-6H2. The van der Waals surface area contributed by atoms with Gasteiger partial charge in [-0.15, -0.1) is 0 Å². The van der Waals surface area contributed by atoms with E-state index in [2.05, 4.69) is 27.1 Å². The van der Waals surface area contributed by atoms with Crippen molar-refractivity contribution in [3.05, 3.63) is 46.5 Å². The molecular formula is C10H10N4. The zero-order valence-electron chi connectivity index (χ0n) is 7.64. The molecule has 0 spiro atoms. The topological polar surface area (TPSA) is 64.6 Å². The molecule has 4 heteroatoms. The van der Waals surface area contributed by atoms with Crippen molar-refractivity contribution in [2.75, 3.05) is 6.54 Å². The first-order chi connectivity index (χ1) is 6.90. The Morgan fingerprint density at radius 2 is 2.21 bits per heavy atom. The van der Waals surface area contributed by atoms with Crippen molar-refractivity contribution in [2.24, 2.45) is 5.11 Å². The lowest BCUT2D eigenvalue weighted by Gasteiger charge is -1.89. The molecule has 0 saturated heterocycles. The van der Waals surface area contributed by atoms with Gasteiger partial charge in [-0.3, -0.25) is 0 Å². The van der Waals surface area contributed by atoms with Gasteiger partial charge >= 0.3 is 0 Å². The third kappa shape index (κ3) is 1.70. The first-order valence-corrected chi connectivity index (χ1v) is 4.47. The third-order valence-electron chi connectivity index (χ3n) is 2.13. The van der Waals surface area contributed by atoms with E-state index in [0.717, 1.165) is 17.6 Å². The molecular weight excluding hydrogens is 176 g/mol. The van der Waals surface area contributed by atoms with E-state index in [-0.39, 0.29) is 0 Å². The van der Waals surface area contributed by atoms with Crippen molar-refractivity contribution in [2.45, 2.75) is 6.42 Å². The summed E-state index contributed by atoms with van der Waals surface area (Å²) >= 11 is 0. The van der Waals surface area contributed by atoms with Gasteiger partial charge in [0.25, 0.3) is 0 Å². The van der Waals surface area contributed by atoms with Crippen LogP contribution in [0.4, 0.5) is 0 Å². The molecule has 0 unspecified atom stereocenters. The number of rotatable bonds is 3. The SMILES string of the molecule is [N-]=[N+]=NCCc1cc2ccccc2[nH]1. The van der Waals surface area contributed by atoms with Gasteiger partial charge in [0.15, 0.2) is 0 Å². The second-order valence-corrected chi connectivity index (χ2v) is 3.09. The minimum atomic E-state index is 0.503. The fraction of sp³-hybridized carbons (Fsp3) is 0.200. The normalized spacial score (nSPS) is 10.0. The van der Waals surface area contributed by atoms with Gasteiger partial charge in [0, 0.05) is 22.7 Å². The highest BCUT2D eigenvalue weighted by Crippen LogP contribution is 2.14. The van der Waals surface area contributed by atoms with Gasteiger partial charge in [-0.1, -0.05) is 23.3 Å². The number of benzene rings is 1. The second kappa shape index (κ2) is 3.85. The molecule has 0 fully saturated rings. The Morgan fingerprint density at radius 1 is 1.36 bits per heavy atom. The highest BCUT2D eigenvalue weighted by Gasteiger charge is 1.98. The van der Waals surface area contributed by atoms with Crippen LogP contribution in [0.25, 0.3) is 21.3 Å². The number of hydrogen-bond acceptors (Lipinski definition) is 1. The van der Waals surface area contributed by atoms with E-state index in [0.29, 0.717) is 6.54 Å². The van der Waals surface area contributed by atoms with Gasteiger partial charge in [-0.2, -0.15) is 0 Å². The van der Waals surface area contributed by atoms with E-state index in [1.54, 1.807) is 0 Å². The lowest BCUT2D eigenvalue weighted by atomic mass is 10.2. The van der Waals surface area contributed by atoms with E-state index < -0.39 is 0 Å². The summed E-state index contributed by atoms with van der Waals surface area (Å²) in [6.45, 7) is 0.503. The average molecular weight is 186 g/mol. The van der Waals surface area contributed by atoms with Gasteiger partial charge in [-0.25, -0.2) is 0 Å². The zero-order valence-corrected chi connectivity index (χ0v) is 7.64. The monoisotopic (exact) mass is 186 g/mol. The number of nitrogens with zero attached hydrogens (tertiary/aromatic N) is 3. The fourth-order valence-corrected chi connectivity index (χ4v) is 1.48. The van der Waals surface area contributed by atoms with Crippen molar-refractivity contribution in [1.82, 2.24) is 4.98 Å². The number of fused-ring (bicyclic) bond motifs is 1. The Bertz CT molecular complexity index is 447. The summed E-state index contributed by atoms with van der Waals surface area (Å²) < 4.78 is 0. The maximum Gasteiger partial charge on any atom is 0.0456 e. The molecule has 1 heterocycles. The summed E-state index contributed by atoms with van der Waals surface area (Å²) in [5.74, 6) is 0. The molecule has 14 heavy (non-hydrogen) atoms. The number of hydrogen-bond donors (Lipinski definition) is 1. The van der Waals surface area contributed by atoms with Crippen LogP contribution in [0.1, 0.15) is 5.69 Å². The van der Waals surface area contributed by atoms with E-state index in [1.165, 1.54) is 5.39 Å². The summed E-state index contributed by atoms with van der Waals surface area (Å²) in [7, 11) is 0. The summed E-state index contributed by atoms with van der Waals surface area (Å²) in [6, 6.07) is 10.2. The molecule has 0 atom stereocenters. The summed E-state index contributed by atoms with van der Waals surface area (Å²) in [5, 5.41) is 4.70. The Balaban J connectivity index is 2.22. The largest absolute Gasteiger partial charge is 0.358 e. The third-order valence-corrected chi connectivity index (χ3v) is 2.13. The maximum absolute atomic E-state index is 8.13. The van der Waals surface area contributed by atoms with Gasteiger partial charge in [0.1, 0.15) is 0 Å². The molecule has 70 valence electrons. The first kappa shape index (κ1) is 8.66. The van der Waals surface area contributed by atoms with Crippen LogP contribution in [-0.2, 0) is 6.42 Å². The number of azide groups is 1. The molecule has 1 N–H and O–H groups in total. The van der Waals surface area contributed by atoms with Crippen LogP contribution in [0.5, 0.6) is 0 Å². The van der Waals surface area contributed by atoms with Crippen molar-refractivity contribution >= 4 is 10.9 Å². The van der Waals surface area contributed by atoms with Crippen molar-refractivity contribution in [3.8, 4) is 0 Å². The number of nitrogens with one attached hydrogen (secondary N) is 1. The molecule has 0 radical (unpaired) electrons. The average Bonchev–Trinajstić information content (AvgIpc) is 2.60. The Labute approximate surface area is 81.2 Å². The molecule has 0 saturated carbocycles. The Hall–Kier alpha value is -1.93. The minimum absolute atomic E-state index is 0.503. The quantitative estimate of drug-likeness (QED) is 0.435. The predicted octanol–water partition coefficient (Wildman–Crippen LogP) is 3.02. The van der Waals surface area contributed by atoms with Crippen molar-refractivity contribution in [1.29, 1.82) is 0 Å². The summed E-state index contributed by atoms with van der Waals surface area (Å²) in [4.78, 5) is 5.99. The van der Waals surface area contributed by atoms with Gasteiger partial charge in [0.2, 0.25) is 0 Å². The molecule has 0 aliphatic rings. The second-order valence-electron chi connectivity index (χ2n) is 3.09. The molecule has 2 aromatic rings. The molecule has 0 amide bonds. The van der Waals surface area contributed by atoms with E-state index in [1.807, 2.05) is 18.2 Å². The zero-order chi connectivity index (χ0) is 9.80. The van der Waals surface area contributed by atoms with E-state index in [9.17, 15) is 0 Å². The van der Waals surface area contributed by atoms with Crippen LogP contribution in [0.15, 0.2) is 35.4 Å². The summed E-state index contributed by atoms with van der Waals surface area (Å²) in [6.07, 6.45) is 0.763. The molecule has 2 rings (SSSR count). The van der Waals surface area contributed by atoms with E-state index >= 15 is 0 Å². The Morgan fingerprint density at radius 3 is 3.00 bits per heavy atom. The van der Waals surface area contributed by atoms with E-state index in [4.69, 9.17) is 5.53 Å².